The monoisotopic (exact) mass is 306 g/mol. The minimum absolute atomic E-state index is 0.263. The molecule has 2 aromatic rings. The molecule has 1 aromatic heterocycles. The number of benzene rings is 1. The van der Waals surface area contributed by atoms with Crippen molar-refractivity contribution in [3.05, 3.63) is 29.3 Å². The number of thiazole rings is 1. The number of methoxy groups -OCH3 is 2. The molecule has 0 spiro atoms. The second-order valence-electron chi connectivity index (χ2n) is 4.82. The van der Waals surface area contributed by atoms with Gasteiger partial charge in [0.15, 0.2) is 0 Å². The average Bonchev–Trinajstić information content (AvgIpc) is 3.01. The Hall–Kier alpha value is -1.59. The zero-order valence-electron chi connectivity index (χ0n) is 13.0. The maximum absolute atomic E-state index is 5.45. The largest absolute Gasteiger partial charge is 0.497 e. The van der Waals surface area contributed by atoms with Gasteiger partial charge in [-0.15, -0.1) is 11.3 Å². The Morgan fingerprint density at radius 1 is 1.29 bits per heavy atom. The van der Waals surface area contributed by atoms with E-state index in [0.717, 1.165) is 40.7 Å². The van der Waals surface area contributed by atoms with Gasteiger partial charge in [-0.05, 0) is 32.0 Å². The normalized spacial score (nSPS) is 12.2. The van der Waals surface area contributed by atoms with Crippen LogP contribution in [0.15, 0.2) is 23.6 Å². The summed E-state index contributed by atoms with van der Waals surface area (Å²) in [6.07, 6.45) is 1.12. The van der Waals surface area contributed by atoms with Crippen molar-refractivity contribution in [2.75, 3.05) is 20.8 Å². The zero-order chi connectivity index (χ0) is 15.2. The van der Waals surface area contributed by atoms with E-state index < -0.39 is 0 Å². The van der Waals surface area contributed by atoms with E-state index in [4.69, 9.17) is 14.5 Å². The predicted octanol–water partition coefficient (Wildman–Crippen LogP) is 3.89. The van der Waals surface area contributed by atoms with Gasteiger partial charge in [-0.25, -0.2) is 4.98 Å². The van der Waals surface area contributed by atoms with Crippen LogP contribution in [0.25, 0.3) is 10.6 Å². The Bertz CT molecular complexity index is 583. The fourth-order valence-corrected chi connectivity index (χ4v) is 2.99. The summed E-state index contributed by atoms with van der Waals surface area (Å²) in [5.41, 5.74) is 2.07. The average molecular weight is 306 g/mol. The molecule has 2 rings (SSSR count). The summed E-state index contributed by atoms with van der Waals surface area (Å²) in [6, 6.07) is 6.07. The van der Waals surface area contributed by atoms with E-state index in [1.54, 1.807) is 25.6 Å². The number of nitrogens with one attached hydrogen (secondary N) is 1. The maximum Gasteiger partial charge on any atom is 0.132 e. The molecule has 0 aliphatic heterocycles. The lowest BCUT2D eigenvalue weighted by molar-refractivity contribution is 0.395. The number of hydrogen-bond acceptors (Lipinski definition) is 5. The SMILES string of the molecule is CCCNC(C)c1csc(-c2ccc(OC)cc2OC)n1. The van der Waals surface area contributed by atoms with E-state index in [2.05, 4.69) is 24.5 Å². The van der Waals surface area contributed by atoms with Crippen molar-refractivity contribution in [3.8, 4) is 22.1 Å². The van der Waals surface area contributed by atoms with E-state index in [1.165, 1.54) is 0 Å². The van der Waals surface area contributed by atoms with E-state index in [1.807, 2.05) is 18.2 Å². The predicted molar refractivity (Wildman–Crippen MR) is 87.4 cm³/mol. The molecule has 0 bridgehead atoms. The summed E-state index contributed by atoms with van der Waals surface area (Å²) in [5.74, 6) is 1.56. The molecular weight excluding hydrogens is 284 g/mol. The first-order valence-electron chi connectivity index (χ1n) is 7.10. The van der Waals surface area contributed by atoms with Crippen LogP contribution >= 0.6 is 11.3 Å². The molecular formula is C16H22N2O2S. The number of rotatable bonds is 7. The van der Waals surface area contributed by atoms with E-state index in [9.17, 15) is 0 Å². The summed E-state index contributed by atoms with van der Waals surface area (Å²) in [6.45, 7) is 5.30. The van der Waals surface area contributed by atoms with Crippen molar-refractivity contribution in [2.45, 2.75) is 26.3 Å². The van der Waals surface area contributed by atoms with Gasteiger partial charge in [-0.3, -0.25) is 0 Å². The summed E-state index contributed by atoms with van der Waals surface area (Å²) >= 11 is 1.64. The summed E-state index contributed by atoms with van der Waals surface area (Å²) < 4.78 is 10.7. The van der Waals surface area contributed by atoms with Crippen LogP contribution in [-0.2, 0) is 0 Å². The van der Waals surface area contributed by atoms with Crippen LogP contribution in [0, 0.1) is 0 Å². The van der Waals surface area contributed by atoms with Crippen LogP contribution in [0.4, 0.5) is 0 Å². The van der Waals surface area contributed by atoms with Crippen LogP contribution in [0.3, 0.4) is 0 Å². The molecule has 4 nitrogen and oxygen atoms in total. The Labute approximate surface area is 130 Å². The molecule has 1 unspecified atom stereocenters. The third-order valence-electron chi connectivity index (χ3n) is 3.31. The van der Waals surface area contributed by atoms with E-state index >= 15 is 0 Å². The standard InChI is InChI=1S/C16H22N2O2S/c1-5-8-17-11(2)14-10-21-16(18-14)13-7-6-12(19-3)9-15(13)20-4/h6-7,9-11,17H,5,8H2,1-4H3. The number of aromatic nitrogens is 1. The molecule has 1 heterocycles. The smallest absolute Gasteiger partial charge is 0.132 e. The molecule has 0 saturated heterocycles. The van der Waals surface area contributed by atoms with Crippen molar-refractivity contribution >= 4 is 11.3 Å². The third kappa shape index (κ3) is 3.74. The highest BCUT2D eigenvalue weighted by Gasteiger charge is 2.14. The third-order valence-corrected chi connectivity index (χ3v) is 4.20. The van der Waals surface area contributed by atoms with Gasteiger partial charge in [0.2, 0.25) is 0 Å². The van der Waals surface area contributed by atoms with Gasteiger partial charge in [0.25, 0.3) is 0 Å². The second kappa shape index (κ2) is 7.43. The Morgan fingerprint density at radius 2 is 2.10 bits per heavy atom. The molecule has 114 valence electrons. The zero-order valence-corrected chi connectivity index (χ0v) is 13.8. The first kappa shape index (κ1) is 15.8. The van der Waals surface area contributed by atoms with E-state index in [-0.39, 0.29) is 6.04 Å². The fraction of sp³-hybridized carbons (Fsp3) is 0.438. The van der Waals surface area contributed by atoms with Gasteiger partial charge in [0.05, 0.1) is 25.5 Å². The molecule has 0 aliphatic carbocycles. The summed E-state index contributed by atoms with van der Waals surface area (Å²) in [5, 5.41) is 6.52. The van der Waals surface area contributed by atoms with Crippen molar-refractivity contribution in [3.63, 3.8) is 0 Å². The molecule has 1 aromatic carbocycles. The first-order valence-corrected chi connectivity index (χ1v) is 7.98. The van der Waals surface area contributed by atoms with Gasteiger partial charge < -0.3 is 14.8 Å². The summed E-state index contributed by atoms with van der Waals surface area (Å²) in [7, 11) is 3.31. The Balaban J connectivity index is 2.24. The van der Waals surface area contributed by atoms with Crippen molar-refractivity contribution in [1.82, 2.24) is 10.3 Å². The molecule has 0 radical (unpaired) electrons. The second-order valence-corrected chi connectivity index (χ2v) is 5.68. The topological polar surface area (TPSA) is 43.4 Å². The quantitative estimate of drug-likeness (QED) is 0.843. The van der Waals surface area contributed by atoms with Crippen LogP contribution in [0.1, 0.15) is 32.0 Å². The lowest BCUT2D eigenvalue weighted by Crippen LogP contribution is -2.19. The lowest BCUT2D eigenvalue weighted by Gasteiger charge is -2.10. The first-order chi connectivity index (χ1) is 10.2. The van der Waals surface area contributed by atoms with Crippen molar-refractivity contribution < 1.29 is 9.47 Å². The molecule has 1 N–H and O–H groups in total. The van der Waals surface area contributed by atoms with Crippen LogP contribution < -0.4 is 14.8 Å². The number of ether oxygens (including phenoxy) is 2. The van der Waals surface area contributed by atoms with Gasteiger partial charge in [0.1, 0.15) is 16.5 Å². The highest BCUT2D eigenvalue weighted by molar-refractivity contribution is 7.13. The van der Waals surface area contributed by atoms with Gasteiger partial charge in [-0.2, -0.15) is 0 Å². The van der Waals surface area contributed by atoms with Crippen LogP contribution in [0.5, 0.6) is 11.5 Å². The van der Waals surface area contributed by atoms with E-state index in [0.29, 0.717) is 0 Å². The van der Waals surface area contributed by atoms with Crippen LogP contribution in [-0.4, -0.2) is 25.7 Å². The maximum atomic E-state index is 5.45. The highest BCUT2D eigenvalue weighted by atomic mass is 32.1. The van der Waals surface area contributed by atoms with Crippen molar-refractivity contribution in [2.24, 2.45) is 0 Å². The molecule has 5 heteroatoms. The minimum Gasteiger partial charge on any atom is -0.497 e. The molecule has 0 fully saturated rings. The molecule has 0 aliphatic rings. The van der Waals surface area contributed by atoms with Gasteiger partial charge in [-0.1, -0.05) is 6.92 Å². The highest BCUT2D eigenvalue weighted by Crippen LogP contribution is 2.35. The number of nitrogens with zero attached hydrogens (tertiary/aromatic N) is 1. The van der Waals surface area contributed by atoms with Crippen molar-refractivity contribution in [1.29, 1.82) is 0 Å². The Morgan fingerprint density at radius 3 is 2.76 bits per heavy atom. The van der Waals surface area contributed by atoms with Crippen LogP contribution in [0.2, 0.25) is 0 Å². The lowest BCUT2D eigenvalue weighted by atomic mass is 10.2. The minimum atomic E-state index is 0.263. The Kier molecular flexibility index (Phi) is 5.59. The molecule has 0 saturated carbocycles. The van der Waals surface area contributed by atoms with Gasteiger partial charge in [0, 0.05) is 17.5 Å². The van der Waals surface area contributed by atoms with Gasteiger partial charge >= 0.3 is 0 Å². The molecule has 1 atom stereocenters. The fourth-order valence-electron chi connectivity index (χ4n) is 2.05. The summed E-state index contributed by atoms with van der Waals surface area (Å²) in [4.78, 5) is 4.73. The molecule has 0 amide bonds. The number of hydrogen-bond donors (Lipinski definition) is 1. The molecule has 21 heavy (non-hydrogen) atoms.